The largest absolute Gasteiger partial charge is 0.493 e. The highest BCUT2D eigenvalue weighted by atomic mass is 16.5. The minimum absolute atomic E-state index is 0.0451. The smallest absolute Gasteiger partial charge is 0.257 e. The Morgan fingerprint density at radius 3 is 2.40 bits per heavy atom. The molecule has 7 nitrogen and oxygen atoms in total. The highest BCUT2D eigenvalue weighted by Crippen LogP contribution is 2.28. The second-order valence-electron chi connectivity index (χ2n) is 6.74. The summed E-state index contributed by atoms with van der Waals surface area (Å²) in [6, 6.07) is 15.9. The number of likely N-dealkylation sites (N-methyl/N-ethyl adjacent to an activating group) is 1. The molecule has 0 bridgehead atoms. The maximum Gasteiger partial charge on any atom is 0.257 e. The van der Waals surface area contributed by atoms with Crippen molar-refractivity contribution in [3.8, 4) is 11.5 Å². The number of rotatable bonds is 10. The van der Waals surface area contributed by atoms with Crippen molar-refractivity contribution in [3.05, 3.63) is 59.7 Å². The number of ether oxygens (including phenoxy) is 2. The van der Waals surface area contributed by atoms with Crippen molar-refractivity contribution >= 4 is 11.9 Å². The first kappa shape index (κ1) is 23.1. The van der Waals surface area contributed by atoms with Gasteiger partial charge < -0.3 is 25.0 Å². The van der Waals surface area contributed by atoms with Gasteiger partial charge in [-0.3, -0.25) is 4.79 Å². The van der Waals surface area contributed by atoms with Gasteiger partial charge in [-0.1, -0.05) is 36.4 Å². The number of nitrogens with one attached hydrogen (secondary N) is 2. The van der Waals surface area contributed by atoms with Crippen LogP contribution in [0.25, 0.3) is 0 Å². The molecule has 2 aromatic carbocycles. The number of amides is 1. The summed E-state index contributed by atoms with van der Waals surface area (Å²) < 4.78 is 11.0. The summed E-state index contributed by atoms with van der Waals surface area (Å²) in [7, 11) is 3.60. The van der Waals surface area contributed by atoms with E-state index in [1.807, 2.05) is 50.4 Å². The summed E-state index contributed by atoms with van der Waals surface area (Å²) in [5.74, 6) is 1.78. The van der Waals surface area contributed by atoms with Crippen molar-refractivity contribution in [2.75, 3.05) is 33.9 Å². The van der Waals surface area contributed by atoms with Crippen LogP contribution >= 0.6 is 0 Å². The normalized spacial score (nSPS) is 11.0. The lowest BCUT2D eigenvalue weighted by molar-refractivity contribution is -0.123. The van der Waals surface area contributed by atoms with Crippen LogP contribution in [0.3, 0.4) is 0 Å². The van der Waals surface area contributed by atoms with Gasteiger partial charge in [-0.2, -0.15) is 0 Å². The highest BCUT2D eigenvalue weighted by Gasteiger charge is 2.10. The molecule has 0 atom stereocenters. The van der Waals surface area contributed by atoms with Crippen LogP contribution in [0, 0.1) is 0 Å². The number of hydrogen-bond donors (Lipinski definition) is 2. The van der Waals surface area contributed by atoms with Crippen LogP contribution in [0.2, 0.25) is 0 Å². The topological polar surface area (TPSA) is 75.2 Å². The molecule has 0 unspecified atom stereocenters. The van der Waals surface area contributed by atoms with Crippen LogP contribution in [0.1, 0.15) is 25.0 Å². The van der Waals surface area contributed by atoms with Gasteiger partial charge in [-0.15, -0.1) is 0 Å². The summed E-state index contributed by atoms with van der Waals surface area (Å²) in [6.45, 7) is 6.49. The molecule has 0 aliphatic carbocycles. The average Bonchev–Trinajstić information content (AvgIpc) is 2.76. The lowest BCUT2D eigenvalue weighted by Gasteiger charge is -2.22. The molecule has 0 heterocycles. The average molecular weight is 413 g/mol. The SMILES string of the molecule is CCNC(=O)COc1ccc(CN=C(NCC)N(C)Cc2ccccc2)cc1OC. The predicted octanol–water partition coefficient (Wildman–Crippen LogP) is 2.81. The lowest BCUT2D eigenvalue weighted by atomic mass is 10.2. The van der Waals surface area contributed by atoms with Crippen molar-refractivity contribution in [3.63, 3.8) is 0 Å². The van der Waals surface area contributed by atoms with Gasteiger partial charge in [0.25, 0.3) is 5.91 Å². The summed E-state index contributed by atoms with van der Waals surface area (Å²) >= 11 is 0. The monoisotopic (exact) mass is 412 g/mol. The Morgan fingerprint density at radius 1 is 1.00 bits per heavy atom. The number of guanidine groups is 1. The first-order chi connectivity index (χ1) is 14.6. The number of hydrogen-bond acceptors (Lipinski definition) is 4. The van der Waals surface area contributed by atoms with E-state index in [0.717, 1.165) is 24.6 Å². The van der Waals surface area contributed by atoms with Gasteiger partial charge in [-0.25, -0.2) is 4.99 Å². The molecular weight excluding hydrogens is 380 g/mol. The fourth-order valence-electron chi connectivity index (χ4n) is 2.89. The zero-order chi connectivity index (χ0) is 21.8. The maximum absolute atomic E-state index is 11.6. The minimum atomic E-state index is -0.162. The molecule has 1 amide bonds. The third-order valence-corrected chi connectivity index (χ3v) is 4.33. The molecular formula is C23H32N4O3. The van der Waals surface area contributed by atoms with E-state index in [-0.39, 0.29) is 12.5 Å². The molecule has 2 aromatic rings. The molecule has 0 aliphatic heterocycles. The Balaban J connectivity index is 2.06. The zero-order valence-corrected chi connectivity index (χ0v) is 18.3. The van der Waals surface area contributed by atoms with Crippen LogP contribution in [-0.4, -0.2) is 50.6 Å². The van der Waals surface area contributed by atoms with Crippen molar-refractivity contribution < 1.29 is 14.3 Å². The van der Waals surface area contributed by atoms with Gasteiger partial charge in [0.05, 0.1) is 13.7 Å². The van der Waals surface area contributed by atoms with Gasteiger partial charge in [0, 0.05) is 26.7 Å². The van der Waals surface area contributed by atoms with E-state index >= 15 is 0 Å². The quantitative estimate of drug-likeness (QED) is 0.464. The van der Waals surface area contributed by atoms with Crippen molar-refractivity contribution in [2.45, 2.75) is 26.9 Å². The van der Waals surface area contributed by atoms with Crippen LogP contribution < -0.4 is 20.1 Å². The molecule has 162 valence electrons. The summed E-state index contributed by atoms with van der Waals surface area (Å²) in [6.07, 6.45) is 0. The number of carbonyl (C=O) groups excluding carboxylic acids is 1. The van der Waals surface area contributed by atoms with E-state index in [4.69, 9.17) is 14.5 Å². The lowest BCUT2D eigenvalue weighted by Crippen LogP contribution is -2.38. The van der Waals surface area contributed by atoms with E-state index < -0.39 is 0 Å². The van der Waals surface area contributed by atoms with Gasteiger partial charge in [-0.05, 0) is 37.1 Å². The van der Waals surface area contributed by atoms with Crippen LogP contribution in [0.4, 0.5) is 0 Å². The molecule has 2 rings (SSSR count). The second-order valence-corrected chi connectivity index (χ2v) is 6.74. The zero-order valence-electron chi connectivity index (χ0n) is 18.3. The molecule has 30 heavy (non-hydrogen) atoms. The first-order valence-corrected chi connectivity index (χ1v) is 10.2. The molecule has 2 N–H and O–H groups in total. The molecule has 0 saturated carbocycles. The molecule has 0 radical (unpaired) electrons. The number of methoxy groups -OCH3 is 1. The molecule has 7 heteroatoms. The fraction of sp³-hybridized carbons (Fsp3) is 0.391. The van der Waals surface area contributed by atoms with Crippen LogP contribution in [0.15, 0.2) is 53.5 Å². The van der Waals surface area contributed by atoms with Gasteiger partial charge >= 0.3 is 0 Å². The Labute approximate surface area is 179 Å². The number of nitrogens with zero attached hydrogens (tertiary/aromatic N) is 2. The number of benzene rings is 2. The molecule has 0 saturated heterocycles. The van der Waals surface area contributed by atoms with E-state index in [1.165, 1.54) is 5.56 Å². The maximum atomic E-state index is 11.6. The van der Waals surface area contributed by atoms with Gasteiger partial charge in [0.15, 0.2) is 24.1 Å². The Hall–Kier alpha value is -3.22. The fourth-order valence-corrected chi connectivity index (χ4v) is 2.89. The standard InChI is InChI=1S/C23H32N4O3/c1-5-24-22(28)17-30-20-13-12-19(14-21(20)29-4)15-26-23(25-6-2)27(3)16-18-10-8-7-9-11-18/h7-14H,5-6,15-17H2,1-4H3,(H,24,28)(H,25,26). The molecule has 0 fully saturated rings. The number of aliphatic imine (C=N–C) groups is 1. The van der Waals surface area contributed by atoms with Crippen molar-refractivity contribution in [1.82, 2.24) is 15.5 Å². The summed E-state index contributed by atoms with van der Waals surface area (Å²) in [4.78, 5) is 18.5. The molecule has 0 spiro atoms. The van der Waals surface area contributed by atoms with Crippen molar-refractivity contribution in [2.24, 2.45) is 4.99 Å². The van der Waals surface area contributed by atoms with Crippen LogP contribution in [-0.2, 0) is 17.9 Å². The van der Waals surface area contributed by atoms with Gasteiger partial charge in [0.2, 0.25) is 0 Å². The Bertz CT molecular complexity index is 824. The van der Waals surface area contributed by atoms with E-state index in [0.29, 0.717) is 24.6 Å². The number of carbonyl (C=O) groups is 1. The predicted molar refractivity (Wildman–Crippen MR) is 120 cm³/mol. The van der Waals surface area contributed by atoms with E-state index in [2.05, 4.69) is 34.6 Å². The third kappa shape index (κ3) is 7.31. The Morgan fingerprint density at radius 2 is 1.73 bits per heavy atom. The highest BCUT2D eigenvalue weighted by molar-refractivity contribution is 5.79. The second kappa shape index (κ2) is 12.4. The first-order valence-electron chi connectivity index (χ1n) is 10.2. The van der Waals surface area contributed by atoms with Crippen LogP contribution in [0.5, 0.6) is 11.5 Å². The molecule has 0 aliphatic rings. The minimum Gasteiger partial charge on any atom is -0.493 e. The van der Waals surface area contributed by atoms with Crippen molar-refractivity contribution in [1.29, 1.82) is 0 Å². The molecule has 0 aromatic heterocycles. The third-order valence-electron chi connectivity index (χ3n) is 4.33. The van der Waals surface area contributed by atoms with E-state index in [9.17, 15) is 4.79 Å². The van der Waals surface area contributed by atoms with E-state index in [1.54, 1.807) is 7.11 Å². The summed E-state index contributed by atoms with van der Waals surface area (Å²) in [5.41, 5.74) is 2.21. The summed E-state index contributed by atoms with van der Waals surface area (Å²) in [5, 5.41) is 6.04. The van der Waals surface area contributed by atoms with Gasteiger partial charge in [0.1, 0.15) is 0 Å². The Kier molecular flexibility index (Phi) is 9.51.